The molecular weight excluding hydrogens is 192 g/mol. The second-order valence-corrected chi connectivity index (χ2v) is 5.49. The SMILES string of the molecule is CC(C)(C)C(O)N(N=O)C1CCCCC1. The maximum Gasteiger partial charge on any atom is 0.150 e. The number of nitrogens with zero attached hydrogens (tertiary/aromatic N) is 2. The van der Waals surface area contributed by atoms with Gasteiger partial charge in [0, 0.05) is 5.41 Å². The Morgan fingerprint density at radius 1 is 1.27 bits per heavy atom. The molecule has 1 fully saturated rings. The predicted molar refractivity (Wildman–Crippen MR) is 60.0 cm³/mol. The quantitative estimate of drug-likeness (QED) is 0.446. The number of rotatable bonds is 3. The first-order chi connectivity index (χ1) is 6.96. The average Bonchev–Trinajstić information content (AvgIpc) is 2.19. The Balaban J connectivity index is 2.65. The minimum atomic E-state index is -0.780. The minimum Gasteiger partial charge on any atom is -0.371 e. The Kier molecular flexibility index (Phi) is 4.08. The van der Waals surface area contributed by atoms with Crippen LogP contribution in [0.1, 0.15) is 52.9 Å². The zero-order valence-electron chi connectivity index (χ0n) is 9.94. The van der Waals surface area contributed by atoms with E-state index < -0.39 is 6.23 Å². The third kappa shape index (κ3) is 3.16. The number of hydrogen-bond donors (Lipinski definition) is 1. The van der Waals surface area contributed by atoms with E-state index in [-0.39, 0.29) is 11.5 Å². The van der Waals surface area contributed by atoms with Crippen LogP contribution in [0.2, 0.25) is 0 Å². The van der Waals surface area contributed by atoms with Gasteiger partial charge in [0.05, 0.1) is 11.3 Å². The van der Waals surface area contributed by atoms with E-state index in [1.165, 1.54) is 11.4 Å². The van der Waals surface area contributed by atoms with E-state index in [0.717, 1.165) is 25.7 Å². The molecular formula is C11H22N2O2. The second-order valence-electron chi connectivity index (χ2n) is 5.49. The van der Waals surface area contributed by atoms with Crippen molar-refractivity contribution in [2.45, 2.75) is 65.1 Å². The summed E-state index contributed by atoms with van der Waals surface area (Å²) in [5.41, 5.74) is -0.328. The molecule has 0 aromatic rings. The van der Waals surface area contributed by atoms with Crippen LogP contribution in [0.15, 0.2) is 5.29 Å². The molecule has 0 aromatic carbocycles. The van der Waals surface area contributed by atoms with Crippen molar-refractivity contribution >= 4 is 0 Å². The summed E-state index contributed by atoms with van der Waals surface area (Å²) in [6, 6.07) is 0.130. The highest BCUT2D eigenvalue weighted by Gasteiger charge is 2.33. The smallest absolute Gasteiger partial charge is 0.150 e. The molecule has 0 bridgehead atoms. The first-order valence-electron chi connectivity index (χ1n) is 5.76. The molecule has 88 valence electrons. The van der Waals surface area contributed by atoms with E-state index in [4.69, 9.17) is 0 Å². The fraction of sp³-hybridized carbons (Fsp3) is 1.00. The summed E-state index contributed by atoms with van der Waals surface area (Å²) >= 11 is 0. The Bertz CT molecular complexity index is 207. The number of aliphatic hydroxyl groups excluding tert-OH is 1. The first kappa shape index (κ1) is 12.4. The van der Waals surface area contributed by atoms with Crippen LogP contribution in [-0.2, 0) is 0 Å². The fourth-order valence-corrected chi connectivity index (χ4v) is 2.05. The maximum absolute atomic E-state index is 10.8. The monoisotopic (exact) mass is 214 g/mol. The topological polar surface area (TPSA) is 52.9 Å². The first-order valence-corrected chi connectivity index (χ1v) is 5.76. The van der Waals surface area contributed by atoms with E-state index in [1.807, 2.05) is 20.8 Å². The molecule has 0 spiro atoms. The molecule has 1 rings (SSSR count). The van der Waals surface area contributed by atoms with Crippen molar-refractivity contribution in [1.29, 1.82) is 0 Å². The lowest BCUT2D eigenvalue weighted by molar-refractivity contribution is -0.0977. The van der Waals surface area contributed by atoms with Gasteiger partial charge >= 0.3 is 0 Å². The molecule has 0 saturated heterocycles. The van der Waals surface area contributed by atoms with Gasteiger partial charge < -0.3 is 5.11 Å². The molecule has 0 aromatic heterocycles. The summed E-state index contributed by atoms with van der Waals surface area (Å²) in [7, 11) is 0. The van der Waals surface area contributed by atoms with Crippen LogP contribution < -0.4 is 0 Å². The fourth-order valence-electron chi connectivity index (χ4n) is 2.05. The Hall–Kier alpha value is -0.640. The van der Waals surface area contributed by atoms with Gasteiger partial charge in [-0.15, -0.1) is 4.91 Å². The van der Waals surface area contributed by atoms with Gasteiger partial charge in [-0.05, 0) is 12.8 Å². The molecule has 1 saturated carbocycles. The van der Waals surface area contributed by atoms with E-state index in [9.17, 15) is 10.0 Å². The lowest BCUT2D eigenvalue weighted by Gasteiger charge is -2.38. The molecule has 0 radical (unpaired) electrons. The highest BCUT2D eigenvalue weighted by molar-refractivity contribution is 4.80. The Morgan fingerprint density at radius 3 is 2.20 bits per heavy atom. The van der Waals surface area contributed by atoms with E-state index in [2.05, 4.69) is 5.29 Å². The van der Waals surface area contributed by atoms with Crippen molar-refractivity contribution in [3.05, 3.63) is 4.91 Å². The third-order valence-corrected chi connectivity index (χ3v) is 3.07. The van der Waals surface area contributed by atoms with Crippen LogP contribution in [0.3, 0.4) is 0 Å². The summed E-state index contributed by atoms with van der Waals surface area (Å²) in [5, 5.41) is 14.4. The average molecular weight is 214 g/mol. The van der Waals surface area contributed by atoms with Gasteiger partial charge in [-0.3, -0.25) is 0 Å². The molecule has 4 nitrogen and oxygen atoms in total. The zero-order chi connectivity index (χ0) is 11.5. The number of aliphatic hydroxyl groups is 1. The van der Waals surface area contributed by atoms with Crippen molar-refractivity contribution in [2.24, 2.45) is 10.7 Å². The Morgan fingerprint density at radius 2 is 1.80 bits per heavy atom. The molecule has 4 heteroatoms. The van der Waals surface area contributed by atoms with Crippen molar-refractivity contribution in [3.63, 3.8) is 0 Å². The van der Waals surface area contributed by atoms with Gasteiger partial charge in [-0.25, -0.2) is 5.01 Å². The van der Waals surface area contributed by atoms with Crippen LogP contribution in [0, 0.1) is 10.3 Å². The van der Waals surface area contributed by atoms with Crippen molar-refractivity contribution in [1.82, 2.24) is 5.01 Å². The highest BCUT2D eigenvalue weighted by atomic mass is 16.3. The standard InChI is InChI=1S/C11H22N2O2/c1-11(2,3)10(14)13(12-15)9-7-5-4-6-8-9/h9-10,14H,4-8H2,1-3H3. The highest BCUT2D eigenvalue weighted by Crippen LogP contribution is 2.29. The summed E-state index contributed by atoms with van der Waals surface area (Å²) in [4.78, 5) is 10.8. The molecule has 1 unspecified atom stereocenters. The van der Waals surface area contributed by atoms with Crippen LogP contribution in [0.25, 0.3) is 0 Å². The summed E-state index contributed by atoms with van der Waals surface area (Å²) < 4.78 is 0. The van der Waals surface area contributed by atoms with Gasteiger partial charge in [-0.2, -0.15) is 0 Å². The van der Waals surface area contributed by atoms with Gasteiger partial charge in [0.1, 0.15) is 0 Å². The van der Waals surface area contributed by atoms with E-state index in [0.29, 0.717) is 0 Å². The molecule has 1 aliphatic carbocycles. The van der Waals surface area contributed by atoms with Gasteiger partial charge in [0.2, 0.25) is 0 Å². The molecule has 1 aliphatic rings. The van der Waals surface area contributed by atoms with Crippen molar-refractivity contribution < 1.29 is 5.11 Å². The molecule has 1 N–H and O–H groups in total. The van der Waals surface area contributed by atoms with Crippen LogP contribution in [0.4, 0.5) is 0 Å². The molecule has 0 aliphatic heterocycles. The van der Waals surface area contributed by atoms with Crippen LogP contribution in [0.5, 0.6) is 0 Å². The normalized spacial score (nSPS) is 21.1. The summed E-state index contributed by atoms with van der Waals surface area (Å²) in [5.74, 6) is 0. The molecule has 1 atom stereocenters. The second kappa shape index (κ2) is 4.92. The lowest BCUT2D eigenvalue weighted by Crippen LogP contribution is -2.46. The number of hydrogen-bond acceptors (Lipinski definition) is 3. The van der Waals surface area contributed by atoms with Gasteiger partial charge in [0.25, 0.3) is 0 Å². The Labute approximate surface area is 91.6 Å². The predicted octanol–water partition coefficient (Wildman–Crippen LogP) is 2.67. The largest absolute Gasteiger partial charge is 0.371 e. The van der Waals surface area contributed by atoms with Crippen LogP contribution in [-0.4, -0.2) is 22.4 Å². The van der Waals surface area contributed by atoms with Gasteiger partial charge in [-0.1, -0.05) is 40.0 Å². The van der Waals surface area contributed by atoms with Crippen molar-refractivity contribution in [2.75, 3.05) is 0 Å². The summed E-state index contributed by atoms with van der Waals surface area (Å²) in [6.07, 6.45) is 4.66. The van der Waals surface area contributed by atoms with E-state index >= 15 is 0 Å². The van der Waals surface area contributed by atoms with Crippen molar-refractivity contribution in [3.8, 4) is 0 Å². The molecule has 0 heterocycles. The maximum atomic E-state index is 10.8. The third-order valence-electron chi connectivity index (χ3n) is 3.07. The summed E-state index contributed by atoms with van der Waals surface area (Å²) in [6.45, 7) is 5.75. The minimum absolute atomic E-state index is 0.130. The zero-order valence-corrected chi connectivity index (χ0v) is 9.94. The molecule has 0 amide bonds. The number of nitroso groups, excluding NO2 is 1. The molecule has 15 heavy (non-hydrogen) atoms. The van der Waals surface area contributed by atoms with E-state index in [1.54, 1.807) is 0 Å². The van der Waals surface area contributed by atoms with Crippen LogP contribution >= 0.6 is 0 Å². The lowest BCUT2D eigenvalue weighted by atomic mass is 9.90. The van der Waals surface area contributed by atoms with Gasteiger partial charge in [0.15, 0.2) is 6.23 Å².